The van der Waals surface area contributed by atoms with E-state index in [0.29, 0.717) is 16.7 Å². The van der Waals surface area contributed by atoms with Crippen LogP contribution in [0.5, 0.6) is 0 Å². The van der Waals surface area contributed by atoms with Crippen LogP contribution in [-0.4, -0.2) is 123 Å². The molecule has 10 N–H and O–H groups in total. The highest BCUT2D eigenvalue weighted by Gasteiger charge is 2.42. The number of nitrogens with one attached hydrogen (secondary N) is 7. The molecule has 0 aliphatic heterocycles. The van der Waals surface area contributed by atoms with E-state index in [0.717, 1.165) is 0 Å². The standard InChI is InChI=1S/C47H62F3N7O14/c1-25(2)20-30(41(67)56-33(23-47(48,49)50)38(65)44(70)51-24-27-13-8-7-9-14-27)55-45(71)39(46(4,5)6)57-43(69)31(21-28-15-11-10-12-26(28)3)54-40(66)29(16-18-35(59)60)53-42(68)32(22-37(63)64)52-34(58)17-19-36(61)62/h7-15,25,29-33,39H,16-24H2,1-6H3,(H,51,70)(H,52,58)(H,53,68)(H,54,66)(H,55,71)(H,56,67)(H,57,69)(H,59,60)(H,61,62)(H,63,64)/t29-,30-,31-,32-,33?,39+/m0/s1. The summed E-state index contributed by atoms with van der Waals surface area (Å²) >= 11 is 0. The molecule has 6 atom stereocenters. The van der Waals surface area contributed by atoms with Gasteiger partial charge in [0, 0.05) is 25.8 Å². The minimum atomic E-state index is -5.04. The van der Waals surface area contributed by atoms with E-state index in [4.69, 9.17) is 5.11 Å². The summed E-state index contributed by atoms with van der Waals surface area (Å²) in [5, 5.41) is 43.7. The first-order valence-electron chi connectivity index (χ1n) is 22.4. The van der Waals surface area contributed by atoms with Gasteiger partial charge in [-0.25, -0.2) is 0 Å². The minimum Gasteiger partial charge on any atom is -0.481 e. The van der Waals surface area contributed by atoms with Crippen molar-refractivity contribution in [3.8, 4) is 0 Å². The largest absolute Gasteiger partial charge is 0.481 e. The van der Waals surface area contributed by atoms with E-state index < -0.39 is 157 Å². The number of hydrogen-bond acceptors (Lipinski definition) is 11. The van der Waals surface area contributed by atoms with Crippen LogP contribution < -0.4 is 37.2 Å². The molecule has 0 aromatic heterocycles. The lowest BCUT2D eigenvalue weighted by Gasteiger charge is -2.34. The van der Waals surface area contributed by atoms with Crippen molar-refractivity contribution in [3.63, 3.8) is 0 Å². The van der Waals surface area contributed by atoms with Crippen molar-refractivity contribution in [2.75, 3.05) is 0 Å². The van der Waals surface area contributed by atoms with Gasteiger partial charge in [0.05, 0.1) is 19.3 Å². The molecule has 21 nitrogen and oxygen atoms in total. The number of rotatable bonds is 28. The quantitative estimate of drug-likeness (QED) is 0.0542. The van der Waals surface area contributed by atoms with E-state index in [1.165, 1.54) is 20.8 Å². The molecule has 0 saturated heterocycles. The van der Waals surface area contributed by atoms with Crippen LogP contribution in [0.1, 0.15) is 96.3 Å². The Kier molecular flexibility index (Phi) is 23.3. The Morgan fingerprint density at radius 2 is 1.10 bits per heavy atom. The number of aliphatic carboxylic acids is 3. The summed E-state index contributed by atoms with van der Waals surface area (Å²) < 4.78 is 41.3. The second-order valence-corrected chi connectivity index (χ2v) is 18.2. The van der Waals surface area contributed by atoms with Gasteiger partial charge in [0.25, 0.3) is 5.91 Å². The van der Waals surface area contributed by atoms with Gasteiger partial charge in [-0.1, -0.05) is 89.2 Å². The lowest BCUT2D eigenvalue weighted by Crippen LogP contribution is -2.62. The molecule has 0 bridgehead atoms. The first kappa shape index (κ1) is 59.7. The van der Waals surface area contributed by atoms with Gasteiger partial charge < -0.3 is 52.5 Å². The number of Topliss-reactive ketones (excluding diaryl/α,β-unsaturated/α-hetero) is 1. The molecule has 0 aliphatic carbocycles. The van der Waals surface area contributed by atoms with E-state index in [9.17, 15) is 76.1 Å². The fourth-order valence-electron chi connectivity index (χ4n) is 6.83. The zero-order chi connectivity index (χ0) is 53.8. The number of halogens is 3. The number of alkyl halides is 3. The second-order valence-electron chi connectivity index (χ2n) is 18.2. The predicted molar refractivity (Wildman–Crippen MR) is 245 cm³/mol. The molecule has 1 unspecified atom stereocenters. The molecule has 2 aromatic carbocycles. The van der Waals surface area contributed by atoms with E-state index in [1.54, 1.807) is 75.4 Å². The molecular weight excluding hydrogens is 944 g/mol. The molecule has 71 heavy (non-hydrogen) atoms. The van der Waals surface area contributed by atoms with Crippen molar-refractivity contribution in [3.05, 3.63) is 71.3 Å². The van der Waals surface area contributed by atoms with Crippen molar-refractivity contribution < 1.29 is 81.2 Å². The summed E-state index contributed by atoms with van der Waals surface area (Å²) in [6.45, 7) is 9.27. The number of amides is 7. The highest BCUT2D eigenvalue weighted by atomic mass is 19.4. The number of carboxylic acids is 3. The van der Waals surface area contributed by atoms with Crippen LogP contribution in [-0.2, 0) is 65.7 Å². The van der Waals surface area contributed by atoms with Gasteiger partial charge in [0.2, 0.25) is 41.2 Å². The average molecular weight is 1010 g/mol. The second kappa shape index (κ2) is 27.7. The Bertz CT molecular complexity index is 2250. The summed E-state index contributed by atoms with van der Waals surface area (Å²) in [4.78, 5) is 142. The molecule has 2 aromatic rings. The summed E-state index contributed by atoms with van der Waals surface area (Å²) in [6.07, 6.45) is -11.2. The zero-order valence-electron chi connectivity index (χ0n) is 40.1. The maximum atomic E-state index is 14.4. The highest BCUT2D eigenvalue weighted by Crippen LogP contribution is 2.24. The maximum absolute atomic E-state index is 14.4. The number of carbonyl (C=O) groups excluding carboxylic acids is 8. The van der Waals surface area contributed by atoms with Crippen molar-refractivity contribution in [1.29, 1.82) is 0 Å². The monoisotopic (exact) mass is 1010 g/mol. The molecule has 390 valence electrons. The number of carbonyl (C=O) groups is 11. The van der Waals surface area contributed by atoms with Crippen molar-refractivity contribution in [2.24, 2.45) is 11.3 Å². The third-order valence-electron chi connectivity index (χ3n) is 10.5. The molecule has 0 radical (unpaired) electrons. The molecule has 0 spiro atoms. The van der Waals surface area contributed by atoms with E-state index in [2.05, 4.69) is 31.9 Å². The Hall–Kier alpha value is -7.40. The van der Waals surface area contributed by atoms with E-state index >= 15 is 0 Å². The highest BCUT2D eigenvalue weighted by molar-refractivity contribution is 6.38. The number of carboxylic acid groups (broad SMARTS) is 3. The summed E-state index contributed by atoms with van der Waals surface area (Å²) in [7, 11) is 0. The molecule has 24 heteroatoms. The lowest BCUT2D eigenvalue weighted by atomic mass is 9.85. The van der Waals surface area contributed by atoms with Crippen LogP contribution in [0.15, 0.2) is 54.6 Å². The average Bonchev–Trinajstić information content (AvgIpc) is 3.26. The van der Waals surface area contributed by atoms with Gasteiger partial charge >= 0.3 is 24.1 Å². The first-order valence-corrected chi connectivity index (χ1v) is 22.4. The normalized spacial score (nSPS) is 13.9. The Labute approximate surface area is 407 Å². The zero-order valence-corrected chi connectivity index (χ0v) is 40.1. The van der Waals surface area contributed by atoms with Gasteiger partial charge in [-0.2, -0.15) is 13.2 Å². The van der Waals surface area contributed by atoms with Crippen LogP contribution in [0.25, 0.3) is 0 Å². The van der Waals surface area contributed by atoms with Gasteiger partial charge in [-0.3, -0.25) is 52.7 Å². The van der Waals surface area contributed by atoms with Crippen molar-refractivity contribution in [2.45, 2.75) is 142 Å². The van der Waals surface area contributed by atoms with E-state index in [1.807, 2.05) is 5.32 Å². The molecule has 0 aliphatic rings. The van der Waals surface area contributed by atoms with E-state index in [-0.39, 0.29) is 19.4 Å². The lowest BCUT2D eigenvalue weighted by molar-refractivity contribution is -0.154. The number of aryl methyl sites for hydroxylation is 1. The molecule has 0 heterocycles. The first-order chi connectivity index (χ1) is 33.0. The van der Waals surface area contributed by atoms with Crippen LogP contribution in [0.2, 0.25) is 0 Å². The van der Waals surface area contributed by atoms with Gasteiger partial charge in [0.15, 0.2) is 0 Å². The number of hydrogen-bond donors (Lipinski definition) is 10. The van der Waals surface area contributed by atoms with Crippen LogP contribution >= 0.6 is 0 Å². The molecule has 2 rings (SSSR count). The fourth-order valence-corrected chi connectivity index (χ4v) is 6.83. The van der Waals surface area contributed by atoms with Gasteiger partial charge in [-0.15, -0.1) is 0 Å². The third kappa shape index (κ3) is 22.3. The Morgan fingerprint density at radius 3 is 1.65 bits per heavy atom. The number of benzene rings is 2. The molecular formula is C47H62F3N7O14. The van der Waals surface area contributed by atoms with Crippen LogP contribution in [0.3, 0.4) is 0 Å². The Morgan fingerprint density at radius 1 is 0.577 bits per heavy atom. The van der Waals surface area contributed by atoms with Crippen LogP contribution in [0, 0.1) is 18.3 Å². The number of ketones is 1. The minimum absolute atomic E-state index is 0.204. The summed E-state index contributed by atoms with van der Waals surface area (Å²) in [5.41, 5.74) is 0.441. The summed E-state index contributed by atoms with van der Waals surface area (Å²) in [5.74, 6) is -14.6. The smallest absolute Gasteiger partial charge is 0.391 e. The van der Waals surface area contributed by atoms with Crippen molar-refractivity contribution >= 4 is 65.0 Å². The summed E-state index contributed by atoms with van der Waals surface area (Å²) in [6, 6.07) is 3.86. The molecule has 0 saturated carbocycles. The van der Waals surface area contributed by atoms with Gasteiger partial charge in [-0.05, 0) is 47.8 Å². The predicted octanol–water partition coefficient (Wildman–Crippen LogP) is 1.58. The third-order valence-corrected chi connectivity index (χ3v) is 10.5. The van der Waals surface area contributed by atoms with Gasteiger partial charge in [0.1, 0.15) is 36.3 Å². The maximum Gasteiger partial charge on any atom is 0.391 e. The SMILES string of the molecule is Cc1ccccc1C[C@H](NC(=O)[C@H](CCC(=O)O)NC(=O)[C@H](CC(=O)O)NC(=O)CCC(=O)O)C(=O)N[C@H](C(=O)N[C@@H](CC(C)C)C(=O)NC(CC(F)(F)F)C(=O)C(=O)NCc1ccccc1)C(C)(C)C. The van der Waals surface area contributed by atoms with Crippen molar-refractivity contribution in [1.82, 2.24) is 37.2 Å². The Balaban J connectivity index is 2.49. The fraction of sp³-hybridized carbons (Fsp3) is 0.511. The topological polar surface area (TPSA) is 333 Å². The molecule has 7 amide bonds. The molecule has 0 fully saturated rings. The van der Waals surface area contributed by atoms with Crippen LogP contribution in [0.4, 0.5) is 13.2 Å².